The van der Waals surface area contributed by atoms with E-state index in [1.807, 2.05) is 18.2 Å². The molecule has 0 bridgehead atoms. The Kier molecular flexibility index (Phi) is 4.18. The van der Waals surface area contributed by atoms with E-state index in [1.54, 1.807) is 0 Å². The Morgan fingerprint density at radius 2 is 0.875 bits per heavy atom. The number of hydrogen-bond acceptors (Lipinski definition) is 0. The van der Waals surface area contributed by atoms with Gasteiger partial charge in [0.2, 0.25) is 0 Å². The van der Waals surface area contributed by atoms with E-state index in [2.05, 4.69) is 109 Å². The summed E-state index contributed by atoms with van der Waals surface area (Å²) in [4.78, 5) is 0. The Balaban J connectivity index is 1.47. The highest BCUT2D eigenvalue weighted by Crippen LogP contribution is 2.46. The molecule has 0 aliphatic heterocycles. The van der Waals surface area contributed by atoms with Crippen molar-refractivity contribution in [1.29, 1.82) is 0 Å². The lowest BCUT2D eigenvalue weighted by molar-refractivity contribution is 1.64. The zero-order chi connectivity index (χ0) is 30.8. The van der Waals surface area contributed by atoms with Gasteiger partial charge in [0.05, 0.1) is 6.85 Å². The summed E-state index contributed by atoms with van der Waals surface area (Å²) in [5.41, 5.74) is 5.32. The lowest BCUT2D eigenvalue weighted by Gasteiger charge is -2.19. The third-order valence-corrected chi connectivity index (χ3v) is 7.93. The zero-order valence-corrected chi connectivity index (χ0v) is 21.6. The Bertz CT molecular complexity index is 2400. The summed E-state index contributed by atoms with van der Waals surface area (Å²) in [6, 6.07) is 42.6. The third kappa shape index (κ3) is 3.54. The first kappa shape index (κ1) is 18.2. The Labute approximate surface area is 240 Å². The van der Waals surface area contributed by atoms with E-state index in [1.165, 1.54) is 21.9 Å². The van der Waals surface area contributed by atoms with Crippen molar-refractivity contribution in [2.45, 2.75) is 0 Å². The Hall–Kier alpha value is -5.20. The van der Waals surface area contributed by atoms with Crippen LogP contribution in [0.15, 0.2) is 158 Å². The molecular formula is C40H26. The molecule has 0 radical (unpaired) electrons. The van der Waals surface area contributed by atoms with Gasteiger partial charge in [-0.2, -0.15) is 0 Å². The molecule has 8 aromatic rings. The van der Waals surface area contributed by atoms with Crippen LogP contribution in [0.25, 0.3) is 76.5 Å². The second kappa shape index (κ2) is 9.22. The van der Waals surface area contributed by atoms with Crippen molar-refractivity contribution < 1.29 is 6.85 Å². The molecule has 0 aliphatic rings. The fourth-order valence-electron chi connectivity index (χ4n) is 6.20. The molecule has 186 valence electrons. The van der Waals surface area contributed by atoms with Crippen molar-refractivity contribution in [2.75, 3.05) is 0 Å². The summed E-state index contributed by atoms with van der Waals surface area (Å²) in [6.07, 6.45) is 0. The van der Waals surface area contributed by atoms with Crippen LogP contribution in [0.1, 0.15) is 6.85 Å². The average Bonchev–Trinajstić information content (AvgIpc) is 3.08. The highest BCUT2D eigenvalue weighted by Gasteiger charge is 2.18. The zero-order valence-electron chi connectivity index (χ0n) is 26.6. The summed E-state index contributed by atoms with van der Waals surface area (Å²) in [7, 11) is 0. The van der Waals surface area contributed by atoms with Crippen LogP contribution in [0, 0.1) is 0 Å². The van der Waals surface area contributed by atoms with E-state index < -0.39 is 0 Å². The number of rotatable bonds is 3. The van der Waals surface area contributed by atoms with Gasteiger partial charge >= 0.3 is 0 Å². The number of fused-ring (bicyclic) bond motifs is 4. The molecule has 0 spiro atoms. The van der Waals surface area contributed by atoms with Gasteiger partial charge < -0.3 is 0 Å². The first-order valence-electron chi connectivity index (χ1n) is 16.0. The van der Waals surface area contributed by atoms with Crippen molar-refractivity contribution in [1.82, 2.24) is 0 Å². The predicted octanol–water partition coefficient (Wildman–Crippen LogP) is 11.3. The summed E-state index contributed by atoms with van der Waals surface area (Å²) in [5, 5.41) is 8.73. The normalized spacial score (nSPS) is 13.2. The number of hydrogen-bond donors (Lipinski definition) is 0. The molecular weight excluding hydrogens is 480 g/mol. The lowest BCUT2D eigenvalue weighted by atomic mass is 9.84. The Morgan fingerprint density at radius 3 is 1.55 bits per heavy atom. The first-order valence-corrected chi connectivity index (χ1v) is 13.5. The molecule has 0 amide bonds. The average molecular weight is 512 g/mol. The first-order chi connectivity index (χ1) is 21.9. The largest absolute Gasteiger partial charge is 0.0629 e. The molecule has 8 aromatic carbocycles. The van der Waals surface area contributed by atoms with Crippen molar-refractivity contribution >= 4 is 43.1 Å². The van der Waals surface area contributed by atoms with Gasteiger partial charge in [-0.15, -0.1) is 0 Å². The van der Waals surface area contributed by atoms with Crippen molar-refractivity contribution in [3.05, 3.63) is 158 Å². The summed E-state index contributed by atoms with van der Waals surface area (Å²) >= 11 is 0. The molecule has 40 heavy (non-hydrogen) atoms. The van der Waals surface area contributed by atoms with Crippen LogP contribution in [0.3, 0.4) is 0 Å². The van der Waals surface area contributed by atoms with E-state index in [0.717, 1.165) is 43.4 Å². The second-order valence-corrected chi connectivity index (χ2v) is 10.1. The van der Waals surface area contributed by atoms with Crippen LogP contribution in [-0.4, -0.2) is 0 Å². The third-order valence-electron chi connectivity index (χ3n) is 7.93. The van der Waals surface area contributed by atoms with Gasteiger partial charge in [-0.25, -0.2) is 0 Å². The van der Waals surface area contributed by atoms with Gasteiger partial charge in [0.1, 0.15) is 0 Å². The molecule has 0 unspecified atom stereocenters. The van der Waals surface area contributed by atoms with E-state index in [4.69, 9.17) is 6.85 Å². The van der Waals surface area contributed by atoms with Gasteiger partial charge in [0.25, 0.3) is 0 Å². The van der Waals surface area contributed by atoms with Crippen LogP contribution < -0.4 is 0 Å². The molecule has 0 nitrogen and oxygen atoms in total. The fraction of sp³-hybridized carbons (Fsp3) is 0. The summed E-state index contributed by atoms with van der Waals surface area (Å²) in [6.45, 7) is 0. The standard InChI is InChI=1S/C40H26/c1-2-12-27(13-3-1)32-22-10-16-29-24-25-30(26-38(29)32)39-34-18-6-8-20-36(34)40(37-21-9-7-19-35(37)39)33-23-11-15-28-14-4-5-17-31(28)33/h1-26H/i1D,2D,3D,12D,13D. The Morgan fingerprint density at radius 1 is 0.350 bits per heavy atom. The minimum absolute atomic E-state index is 0.200. The highest BCUT2D eigenvalue weighted by molar-refractivity contribution is 6.23. The second-order valence-electron chi connectivity index (χ2n) is 10.1. The molecule has 0 heterocycles. The summed E-state index contributed by atoms with van der Waals surface area (Å²) < 4.78 is 42.0. The maximum atomic E-state index is 8.67. The van der Waals surface area contributed by atoms with E-state index in [-0.39, 0.29) is 35.8 Å². The maximum absolute atomic E-state index is 8.67. The molecule has 0 N–H and O–H groups in total. The lowest BCUT2D eigenvalue weighted by Crippen LogP contribution is -1.92. The molecule has 0 atom stereocenters. The van der Waals surface area contributed by atoms with Crippen LogP contribution in [-0.2, 0) is 0 Å². The smallest absolute Gasteiger partial charge is 0.0622 e. The maximum Gasteiger partial charge on any atom is 0.0629 e. The SMILES string of the molecule is [2H]c1c([2H])c([2H])c(-c2cccc3ccc(-c4c5ccccc5c(-c5cccc6ccccc56)c5ccccc45)cc23)c([2H])c1[2H]. The van der Waals surface area contributed by atoms with Crippen LogP contribution in [0.2, 0.25) is 0 Å². The topological polar surface area (TPSA) is 0 Å². The van der Waals surface area contributed by atoms with Crippen molar-refractivity contribution in [3.8, 4) is 33.4 Å². The predicted molar refractivity (Wildman–Crippen MR) is 173 cm³/mol. The van der Waals surface area contributed by atoms with Crippen LogP contribution in [0.4, 0.5) is 0 Å². The van der Waals surface area contributed by atoms with E-state index >= 15 is 0 Å². The molecule has 0 aromatic heterocycles. The molecule has 0 fully saturated rings. The van der Waals surface area contributed by atoms with Gasteiger partial charge in [-0.1, -0.05) is 152 Å². The van der Waals surface area contributed by atoms with Crippen LogP contribution >= 0.6 is 0 Å². The van der Waals surface area contributed by atoms with Gasteiger partial charge in [-0.3, -0.25) is 0 Å². The monoisotopic (exact) mass is 511 g/mol. The van der Waals surface area contributed by atoms with Crippen molar-refractivity contribution in [2.24, 2.45) is 0 Å². The molecule has 8 rings (SSSR count). The van der Waals surface area contributed by atoms with E-state index in [0.29, 0.717) is 5.56 Å². The fourth-order valence-corrected chi connectivity index (χ4v) is 6.20. The van der Waals surface area contributed by atoms with E-state index in [9.17, 15) is 0 Å². The van der Waals surface area contributed by atoms with Crippen LogP contribution in [0.5, 0.6) is 0 Å². The van der Waals surface area contributed by atoms with Gasteiger partial charge in [0.15, 0.2) is 0 Å². The molecule has 0 heteroatoms. The number of benzene rings is 8. The minimum Gasteiger partial charge on any atom is -0.0622 e. The van der Waals surface area contributed by atoms with Gasteiger partial charge in [-0.05, 0) is 82.5 Å². The molecule has 0 aliphatic carbocycles. The molecule has 0 saturated heterocycles. The van der Waals surface area contributed by atoms with Gasteiger partial charge in [0, 0.05) is 0 Å². The highest BCUT2D eigenvalue weighted by atomic mass is 14.2. The summed E-state index contributed by atoms with van der Waals surface area (Å²) in [5.74, 6) is 0. The van der Waals surface area contributed by atoms with Crippen molar-refractivity contribution in [3.63, 3.8) is 0 Å². The quantitative estimate of drug-likeness (QED) is 0.207. The molecule has 0 saturated carbocycles. The minimum atomic E-state index is -0.390.